The van der Waals surface area contributed by atoms with Crippen molar-refractivity contribution in [1.82, 2.24) is 0 Å². The second-order valence-corrected chi connectivity index (χ2v) is 7.81. The van der Waals surface area contributed by atoms with Crippen LogP contribution >= 0.6 is 7.37 Å². The third kappa shape index (κ3) is 20.9. The average molecular weight is 557 g/mol. The quantitative estimate of drug-likeness (QED) is 0.284. The zero-order chi connectivity index (χ0) is 33.0. The van der Waals surface area contributed by atoms with Gasteiger partial charge in [-0.1, -0.05) is 35.9 Å². The van der Waals surface area contributed by atoms with Crippen LogP contribution in [-0.2, 0) is 9.09 Å². The molecule has 0 aliphatic carbocycles. The Balaban J connectivity index is -0.000000110. The van der Waals surface area contributed by atoms with E-state index in [-0.39, 0.29) is 13.2 Å². The zero-order valence-corrected chi connectivity index (χ0v) is 25.8. The third-order valence-corrected chi connectivity index (χ3v) is 5.90. The van der Waals surface area contributed by atoms with Crippen molar-refractivity contribution >= 4 is 18.2 Å². The van der Waals surface area contributed by atoms with Gasteiger partial charge in [-0.05, 0) is 44.0 Å². The van der Waals surface area contributed by atoms with Crippen LogP contribution in [0.15, 0.2) is 148 Å². The molecule has 0 amide bonds. The number of carbonyl (C=O) groups is 1. The normalized spacial score (nSPS) is 8.82. The molecular formula is C34H53O4P. The summed E-state index contributed by atoms with van der Waals surface area (Å²) in [5, 5.41) is 9.36. The van der Waals surface area contributed by atoms with Gasteiger partial charge in [-0.2, -0.15) is 0 Å². The standard InChI is InChI=1S/C18H21O4P.8C2H4/c1-13-11-14(2)17(15(3)12-13)18(20)23(21,22-10-9-19)16-7-5-4-6-8-16;8*1-2/h4-8,11-12,19H,9-10H2,1-3H3;8*1-2H2. The van der Waals surface area contributed by atoms with Gasteiger partial charge in [0.15, 0.2) is 0 Å². The van der Waals surface area contributed by atoms with E-state index in [2.05, 4.69) is 105 Å². The molecule has 0 saturated heterocycles. The fraction of sp³-hybridized carbons (Fsp3) is 0.147. The molecule has 0 aromatic heterocycles. The van der Waals surface area contributed by atoms with E-state index in [1.54, 1.807) is 30.3 Å². The summed E-state index contributed by atoms with van der Waals surface area (Å²) in [6, 6.07) is 12.2. The first-order valence-corrected chi connectivity index (χ1v) is 13.1. The molecular weight excluding hydrogens is 503 g/mol. The van der Waals surface area contributed by atoms with Crippen LogP contribution in [0.25, 0.3) is 0 Å². The van der Waals surface area contributed by atoms with Gasteiger partial charge in [0.1, 0.15) is 0 Å². The number of hydrogen-bond acceptors (Lipinski definition) is 4. The van der Waals surface area contributed by atoms with E-state index in [1.807, 2.05) is 32.9 Å². The number of carbonyl (C=O) groups excluding carboxylic acids is 1. The second kappa shape index (κ2) is 41.3. The summed E-state index contributed by atoms with van der Waals surface area (Å²) in [4.78, 5) is 13.1. The van der Waals surface area contributed by atoms with Crippen molar-refractivity contribution in [1.29, 1.82) is 0 Å². The number of benzene rings is 2. The van der Waals surface area contributed by atoms with Crippen molar-refractivity contribution < 1.29 is 19.0 Å². The number of hydrogen-bond donors (Lipinski definition) is 1. The lowest BCUT2D eigenvalue weighted by Crippen LogP contribution is -2.18. The van der Waals surface area contributed by atoms with Crippen LogP contribution in [0, 0.1) is 20.8 Å². The first-order chi connectivity index (χ1) is 18.9. The molecule has 0 heterocycles. The summed E-state index contributed by atoms with van der Waals surface area (Å²) in [6.07, 6.45) is 0. The predicted octanol–water partition coefficient (Wildman–Crippen LogP) is 9.78. The van der Waals surface area contributed by atoms with Crippen LogP contribution < -0.4 is 5.30 Å². The Hall–Kier alpha value is -3.82. The molecule has 0 bridgehead atoms. The Bertz CT molecular complexity index is 831. The summed E-state index contributed by atoms with van der Waals surface area (Å²) in [6.45, 7) is 53.2. The highest BCUT2D eigenvalue weighted by atomic mass is 31.2. The van der Waals surface area contributed by atoms with E-state index in [1.165, 1.54) is 0 Å². The van der Waals surface area contributed by atoms with Gasteiger partial charge in [0.25, 0.3) is 5.52 Å². The first-order valence-electron chi connectivity index (χ1n) is 11.4. The van der Waals surface area contributed by atoms with Crippen molar-refractivity contribution in [3.8, 4) is 0 Å². The van der Waals surface area contributed by atoms with E-state index in [0.29, 0.717) is 10.9 Å². The van der Waals surface area contributed by atoms with Gasteiger partial charge in [-0.3, -0.25) is 9.36 Å². The maximum absolute atomic E-state index is 13.4. The number of aryl methyl sites for hydroxylation is 3. The van der Waals surface area contributed by atoms with E-state index >= 15 is 0 Å². The van der Waals surface area contributed by atoms with Crippen molar-refractivity contribution in [2.45, 2.75) is 20.8 Å². The number of aliphatic hydroxyl groups excluding tert-OH is 1. The minimum Gasteiger partial charge on any atom is -0.394 e. The summed E-state index contributed by atoms with van der Waals surface area (Å²) >= 11 is 0. The fourth-order valence-electron chi connectivity index (χ4n) is 2.71. The molecule has 0 radical (unpaired) electrons. The largest absolute Gasteiger partial charge is 0.394 e. The average Bonchev–Trinajstić information content (AvgIpc) is 3.03. The zero-order valence-electron chi connectivity index (χ0n) is 24.9. The number of rotatable bonds is 6. The van der Waals surface area contributed by atoms with E-state index in [4.69, 9.17) is 9.63 Å². The van der Waals surface area contributed by atoms with Gasteiger partial charge >= 0.3 is 7.37 Å². The minimum absolute atomic E-state index is 0.151. The first kappa shape index (κ1) is 51.8. The highest BCUT2D eigenvalue weighted by Crippen LogP contribution is 2.49. The van der Waals surface area contributed by atoms with Crippen LogP contribution in [0.2, 0.25) is 0 Å². The molecule has 1 atom stereocenters. The van der Waals surface area contributed by atoms with Gasteiger partial charge in [0.2, 0.25) is 0 Å². The fourth-order valence-corrected chi connectivity index (χ4v) is 4.76. The SMILES string of the molecule is C=C.C=C.C=C.C=C.C=C.C=C.C=C.C=C.Cc1cc(C)c(C(=O)P(=O)(OCCO)c2ccccc2)c(C)c1. The van der Waals surface area contributed by atoms with E-state index < -0.39 is 12.9 Å². The van der Waals surface area contributed by atoms with Crippen molar-refractivity contribution in [2.24, 2.45) is 0 Å². The van der Waals surface area contributed by atoms with Gasteiger partial charge in [0.05, 0.1) is 13.2 Å². The van der Waals surface area contributed by atoms with Crippen molar-refractivity contribution in [3.05, 3.63) is 170 Å². The molecule has 4 nitrogen and oxygen atoms in total. The molecule has 5 heteroatoms. The molecule has 218 valence electrons. The van der Waals surface area contributed by atoms with Crippen LogP contribution in [0.4, 0.5) is 0 Å². The Morgan fingerprint density at radius 2 is 1.03 bits per heavy atom. The molecule has 2 aromatic carbocycles. The molecule has 2 aromatic rings. The summed E-state index contributed by atoms with van der Waals surface area (Å²) < 4.78 is 18.8. The Morgan fingerprint density at radius 3 is 1.33 bits per heavy atom. The van der Waals surface area contributed by atoms with Crippen LogP contribution in [0.1, 0.15) is 27.0 Å². The van der Waals surface area contributed by atoms with E-state index in [0.717, 1.165) is 16.7 Å². The van der Waals surface area contributed by atoms with Crippen molar-refractivity contribution in [3.63, 3.8) is 0 Å². The Labute approximate surface area is 240 Å². The maximum atomic E-state index is 13.4. The van der Waals surface area contributed by atoms with Crippen molar-refractivity contribution in [2.75, 3.05) is 13.2 Å². The molecule has 0 aliphatic rings. The lowest BCUT2D eigenvalue weighted by Gasteiger charge is -2.19. The van der Waals surface area contributed by atoms with Gasteiger partial charge in [-0.25, -0.2) is 0 Å². The topological polar surface area (TPSA) is 63.6 Å². The van der Waals surface area contributed by atoms with Crippen LogP contribution in [0.3, 0.4) is 0 Å². The molecule has 0 saturated carbocycles. The summed E-state index contributed by atoms with van der Waals surface area (Å²) in [7, 11) is -3.77. The third-order valence-electron chi connectivity index (χ3n) is 3.62. The molecule has 1 unspecified atom stereocenters. The molecule has 1 N–H and O–H groups in total. The minimum atomic E-state index is -3.77. The monoisotopic (exact) mass is 556 g/mol. The lowest BCUT2D eigenvalue weighted by atomic mass is 10.0. The summed E-state index contributed by atoms with van der Waals surface area (Å²) in [5.74, 6) is 0. The van der Waals surface area contributed by atoms with E-state index in [9.17, 15) is 9.36 Å². The molecule has 0 aliphatic heterocycles. The highest BCUT2D eigenvalue weighted by Gasteiger charge is 2.37. The molecule has 0 fully saturated rings. The summed E-state index contributed by atoms with van der Waals surface area (Å²) in [5.41, 5.74) is 2.50. The van der Waals surface area contributed by atoms with Gasteiger partial charge < -0.3 is 9.63 Å². The second-order valence-electron chi connectivity index (χ2n) is 5.52. The Morgan fingerprint density at radius 1 is 0.692 bits per heavy atom. The number of aliphatic hydroxyl groups is 1. The molecule has 0 spiro atoms. The Kier molecular flexibility index (Phi) is 54.8. The molecule has 39 heavy (non-hydrogen) atoms. The van der Waals surface area contributed by atoms with Crippen LogP contribution in [0.5, 0.6) is 0 Å². The predicted molar refractivity (Wildman–Crippen MR) is 182 cm³/mol. The maximum Gasteiger partial charge on any atom is 0.300 e. The smallest absolute Gasteiger partial charge is 0.300 e. The van der Waals surface area contributed by atoms with Gasteiger partial charge in [-0.15, -0.1) is 105 Å². The van der Waals surface area contributed by atoms with Gasteiger partial charge in [0, 0.05) is 10.9 Å². The lowest BCUT2D eigenvalue weighted by molar-refractivity contribution is 0.104. The molecule has 2 rings (SSSR count). The van der Waals surface area contributed by atoms with Crippen LogP contribution in [-0.4, -0.2) is 23.8 Å². The highest BCUT2D eigenvalue weighted by molar-refractivity contribution is 7.83.